The third-order valence-corrected chi connectivity index (χ3v) is 4.36. The number of hydrogen-bond donors (Lipinski definition) is 0. The average molecular weight is 331 g/mol. The van der Waals surface area contributed by atoms with Crippen LogP contribution in [0.1, 0.15) is 12.5 Å². The molecular formula is C18H21NO5. The maximum atomic E-state index is 12.9. The largest absolute Gasteiger partial charge is 0.496 e. The van der Waals surface area contributed by atoms with Crippen LogP contribution in [0.4, 0.5) is 0 Å². The van der Waals surface area contributed by atoms with Gasteiger partial charge in [-0.2, -0.15) is 0 Å². The molecule has 1 aliphatic heterocycles. The monoisotopic (exact) mass is 331 g/mol. The second-order valence-corrected chi connectivity index (χ2v) is 5.85. The number of benzene rings is 1. The molecule has 0 spiro atoms. The maximum Gasteiger partial charge on any atom is 0.257 e. The van der Waals surface area contributed by atoms with E-state index in [-0.39, 0.29) is 18.5 Å². The van der Waals surface area contributed by atoms with Gasteiger partial charge < -0.3 is 23.5 Å². The summed E-state index contributed by atoms with van der Waals surface area (Å²) < 4.78 is 23.6. The lowest BCUT2D eigenvalue weighted by molar-refractivity contribution is 0.131. The fourth-order valence-electron chi connectivity index (χ4n) is 3.09. The second-order valence-electron chi connectivity index (χ2n) is 5.85. The van der Waals surface area contributed by atoms with Crippen molar-refractivity contribution in [2.45, 2.75) is 19.4 Å². The van der Waals surface area contributed by atoms with Crippen LogP contribution in [0.3, 0.4) is 0 Å². The third-order valence-electron chi connectivity index (χ3n) is 4.36. The van der Waals surface area contributed by atoms with E-state index in [4.69, 9.17) is 18.9 Å². The van der Waals surface area contributed by atoms with Crippen LogP contribution in [-0.4, -0.2) is 31.7 Å². The Balaban J connectivity index is 2.28. The first-order valence-electron chi connectivity index (χ1n) is 7.66. The average Bonchev–Trinajstić information content (AvgIpc) is 3.04. The smallest absolute Gasteiger partial charge is 0.257 e. The lowest BCUT2D eigenvalue weighted by atomic mass is 10.0. The van der Waals surface area contributed by atoms with Crippen LogP contribution in [0.25, 0.3) is 10.9 Å². The third kappa shape index (κ3) is 2.43. The fraction of sp³-hybridized carbons (Fsp3) is 0.389. The van der Waals surface area contributed by atoms with Gasteiger partial charge in [0.1, 0.15) is 11.3 Å². The quantitative estimate of drug-likeness (QED) is 0.788. The molecule has 2 aromatic rings. The zero-order valence-electron chi connectivity index (χ0n) is 14.3. The Morgan fingerprint density at radius 1 is 1.38 bits per heavy atom. The molecule has 0 N–H and O–H groups in total. The van der Waals surface area contributed by atoms with Crippen molar-refractivity contribution in [3.05, 3.63) is 40.2 Å². The highest BCUT2D eigenvalue weighted by Crippen LogP contribution is 2.42. The predicted molar refractivity (Wildman–Crippen MR) is 91.2 cm³/mol. The number of nitrogens with zero attached hydrogens (tertiary/aromatic N) is 1. The molecule has 0 bridgehead atoms. The SMILES string of the molecule is C=C(C)C(Cc1c(OC)c2ccc3c(c2n(C)c1=O)OCO3)OC. The molecule has 0 radical (unpaired) electrons. The van der Waals surface area contributed by atoms with Crippen molar-refractivity contribution in [3.63, 3.8) is 0 Å². The number of rotatable bonds is 5. The summed E-state index contributed by atoms with van der Waals surface area (Å²) in [6.07, 6.45) is 0.143. The number of pyridine rings is 1. The molecular weight excluding hydrogens is 310 g/mol. The zero-order chi connectivity index (χ0) is 17.4. The Kier molecular flexibility index (Phi) is 4.24. The molecule has 24 heavy (non-hydrogen) atoms. The normalized spacial score (nSPS) is 14.0. The number of aryl methyl sites for hydroxylation is 1. The van der Waals surface area contributed by atoms with E-state index >= 15 is 0 Å². The second kappa shape index (κ2) is 6.20. The topological polar surface area (TPSA) is 58.9 Å². The van der Waals surface area contributed by atoms with Gasteiger partial charge >= 0.3 is 0 Å². The highest BCUT2D eigenvalue weighted by Gasteiger charge is 2.25. The molecule has 2 heterocycles. The van der Waals surface area contributed by atoms with E-state index in [1.165, 1.54) is 0 Å². The number of fused-ring (bicyclic) bond motifs is 3. The van der Waals surface area contributed by atoms with Crippen LogP contribution in [0, 0.1) is 0 Å². The Bertz CT molecular complexity index is 868. The van der Waals surface area contributed by atoms with Gasteiger partial charge in [-0.05, 0) is 19.1 Å². The van der Waals surface area contributed by atoms with Crippen molar-refractivity contribution in [2.24, 2.45) is 7.05 Å². The van der Waals surface area contributed by atoms with Crippen LogP contribution in [0.15, 0.2) is 29.1 Å². The summed E-state index contributed by atoms with van der Waals surface area (Å²) in [7, 11) is 4.89. The first-order valence-corrected chi connectivity index (χ1v) is 7.66. The van der Waals surface area contributed by atoms with Crippen molar-refractivity contribution < 1.29 is 18.9 Å². The van der Waals surface area contributed by atoms with Gasteiger partial charge in [-0.15, -0.1) is 0 Å². The van der Waals surface area contributed by atoms with E-state index in [0.29, 0.717) is 34.7 Å². The van der Waals surface area contributed by atoms with Gasteiger partial charge in [0.05, 0.1) is 18.8 Å². The van der Waals surface area contributed by atoms with E-state index in [2.05, 4.69) is 6.58 Å². The highest BCUT2D eigenvalue weighted by molar-refractivity contribution is 5.93. The van der Waals surface area contributed by atoms with Crippen LogP contribution < -0.4 is 19.8 Å². The van der Waals surface area contributed by atoms with Crippen LogP contribution in [0.2, 0.25) is 0 Å². The van der Waals surface area contributed by atoms with Gasteiger partial charge in [0.15, 0.2) is 11.5 Å². The van der Waals surface area contributed by atoms with Gasteiger partial charge in [-0.25, -0.2) is 0 Å². The lowest BCUT2D eigenvalue weighted by Crippen LogP contribution is -2.27. The Labute approximate surface area is 140 Å². The van der Waals surface area contributed by atoms with Crippen molar-refractivity contribution >= 4 is 10.9 Å². The molecule has 128 valence electrons. The molecule has 0 saturated heterocycles. The Hall–Kier alpha value is -2.47. The summed E-state index contributed by atoms with van der Waals surface area (Å²) in [4.78, 5) is 12.9. The maximum absolute atomic E-state index is 12.9. The first-order chi connectivity index (χ1) is 11.5. The standard InChI is InChI=1S/C18H21NO5/c1-10(2)14(21-4)8-12-16(22-5)11-6-7-13-17(24-9-23-13)15(11)19(3)18(12)20/h6-7,14H,1,8-9H2,2-5H3. The molecule has 1 aromatic carbocycles. The van der Waals surface area contributed by atoms with Crippen molar-refractivity contribution in [1.82, 2.24) is 4.57 Å². The molecule has 1 aliphatic rings. The molecule has 3 rings (SSSR count). The number of aromatic nitrogens is 1. The van der Waals surface area contributed by atoms with Crippen molar-refractivity contribution in [1.29, 1.82) is 0 Å². The summed E-state index contributed by atoms with van der Waals surface area (Å²) in [6.45, 7) is 5.95. The summed E-state index contributed by atoms with van der Waals surface area (Å²) in [5.41, 5.74) is 1.93. The summed E-state index contributed by atoms with van der Waals surface area (Å²) in [6, 6.07) is 3.71. The Morgan fingerprint density at radius 2 is 2.12 bits per heavy atom. The van der Waals surface area contributed by atoms with Gasteiger partial charge in [0, 0.05) is 26.0 Å². The zero-order valence-corrected chi connectivity index (χ0v) is 14.3. The van der Waals surface area contributed by atoms with E-state index in [1.807, 2.05) is 19.1 Å². The van der Waals surface area contributed by atoms with Crippen LogP contribution >= 0.6 is 0 Å². The molecule has 6 nitrogen and oxygen atoms in total. The van der Waals surface area contributed by atoms with E-state index < -0.39 is 0 Å². The predicted octanol–water partition coefficient (Wildman–Crippen LogP) is 2.41. The van der Waals surface area contributed by atoms with E-state index in [9.17, 15) is 4.79 Å². The van der Waals surface area contributed by atoms with E-state index in [1.54, 1.807) is 25.8 Å². The minimum absolute atomic E-state index is 0.147. The Morgan fingerprint density at radius 3 is 2.75 bits per heavy atom. The number of hydrogen-bond acceptors (Lipinski definition) is 5. The minimum Gasteiger partial charge on any atom is -0.496 e. The lowest BCUT2D eigenvalue weighted by Gasteiger charge is -2.19. The molecule has 1 atom stereocenters. The summed E-state index contributed by atoms with van der Waals surface area (Å²) in [5.74, 6) is 1.74. The molecule has 0 amide bonds. The number of ether oxygens (including phenoxy) is 4. The van der Waals surface area contributed by atoms with Crippen molar-refractivity contribution in [3.8, 4) is 17.2 Å². The minimum atomic E-state index is -0.252. The van der Waals surface area contributed by atoms with Gasteiger partial charge in [0.2, 0.25) is 6.79 Å². The summed E-state index contributed by atoms with van der Waals surface area (Å²) in [5, 5.41) is 0.801. The fourth-order valence-corrected chi connectivity index (χ4v) is 3.09. The highest BCUT2D eigenvalue weighted by atomic mass is 16.7. The van der Waals surface area contributed by atoms with Gasteiger partial charge in [-0.1, -0.05) is 12.2 Å². The van der Waals surface area contributed by atoms with E-state index in [0.717, 1.165) is 11.0 Å². The first kappa shape index (κ1) is 16.4. The van der Waals surface area contributed by atoms with Gasteiger partial charge in [0.25, 0.3) is 5.56 Å². The van der Waals surface area contributed by atoms with Gasteiger partial charge in [-0.3, -0.25) is 4.79 Å². The van der Waals surface area contributed by atoms with Crippen molar-refractivity contribution in [2.75, 3.05) is 21.0 Å². The molecule has 0 aliphatic carbocycles. The summed E-state index contributed by atoms with van der Waals surface area (Å²) >= 11 is 0. The molecule has 1 unspecified atom stereocenters. The molecule has 6 heteroatoms. The number of methoxy groups -OCH3 is 2. The molecule has 1 aromatic heterocycles. The van der Waals surface area contributed by atoms with Crippen LogP contribution in [0.5, 0.6) is 17.2 Å². The molecule has 0 fully saturated rings. The molecule has 0 saturated carbocycles. The van der Waals surface area contributed by atoms with Crippen LogP contribution in [-0.2, 0) is 18.2 Å².